The van der Waals surface area contributed by atoms with E-state index in [0.717, 1.165) is 6.42 Å². The Balaban J connectivity index is 1.70. The first-order chi connectivity index (χ1) is 9.78. The number of nitrogens with two attached hydrogens (primary N) is 1. The molecule has 0 saturated carbocycles. The van der Waals surface area contributed by atoms with Gasteiger partial charge in [-0.3, -0.25) is 4.79 Å². The fourth-order valence-electron chi connectivity index (χ4n) is 2.46. The van der Waals surface area contributed by atoms with Gasteiger partial charge in [0.15, 0.2) is 11.5 Å². The molecule has 2 aliphatic rings. The highest BCUT2D eigenvalue weighted by Crippen LogP contribution is 2.37. The van der Waals surface area contributed by atoms with Crippen molar-refractivity contribution in [3.63, 3.8) is 0 Å². The Hall–Kier alpha value is -1.79. The number of para-hydroxylation sites is 1. The zero-order valence-electron chi connectivity index (χ0n) is 11.1. The molecule has 0 aliphatic carbocycles. The molecule has 3 rings (SSSR count). The van der Waals surface area contributed by atoms with Crippen LogP contribution < -0.4 is 20.5 Å². The van der Waals surface area contributed by atoms with E-state index in [9.17, 15) is 4.79 Å². The summed E-state index contributed by atoms with van der Waals surface area (Å²) >= 11 is 0. The second-order valence-electron chi connectivity index (χ2n) is 4.88. The van der Waals surface area contributed by atoms with E-state index in [1.807, 2.05) is 12.1 Å². The highest BCUT2D eigenvalue weighted by molar-refractivity contribution is 5.96. The van der Waals surface area contributed by atoms with E-state index in [2.05, 4.69) is 5.32 Å². The Morgan fingerprint density at radius 3 is 2.95 bits per heavy atom. The maximum Gasteiger partial charge on any atom is 0.253 e. The Kier molecular flexibility index (Phi) is 3.75. The molecule has 2 heterocycles. The lowest BCUT2D eigenvalue weighted by Gasteiger charge is -2.21. The summed E-state index contributed by atoms with van der Waals surface area (Å²) in [4.78, 5) is 12.2. The summed E-state index contributed by atoms with van der Waals surface area (Å²) < 4.78 is 16.6. The van der Waals surface area contributed by atoms with Crippen LogP contribution in [0, 0.1) is 0 Å². The molecule has 0 bridgehead atoms. The number of nitrogens with one attached hydrogen (secondary N) is 1. The number of hydrogen-bond acceptors (Lipinski definition) is 5. The highest BCUT2D eigenvalue weighted by atomic mass is 16.6. The first kappa shape index (κ1) is 13.2. The summed E-state index contributed by atoms with van der Waals surface area (Å²) in [5, 5.41) is 2.85. The predicted molar refractivity (Wildman–Crippen MR) is 73.0 cm³/mol. The van der Waals surface area contributed by atoms with Gasteiger partial charge in [0.1, 0.15) is 19.3 Å². The summed E-state index contributed by atoms with van der Waals surface area (Å²) in [6.45, 7) is 1.45. The first-order valence-corrected chi connectivity index (χ1v) is 6.83. The minimum Gasteiger partial charge on any atom is -0.486 e. The minimum atomic E-state index is -0.441. The van der Waals surface area contributed by atoms with Crippen LogP contribution in [-0.4, -0.2) is 37.9 Å². The van der Waals surface area contributed by atoms with Gasteiger partial charge < -0.3 is 25.3 Å². The van der Waals surface area contributed by atoms with Crippen molar-refractivity contribution in [2.75, 3.05) is 25.1 Å². The van der Waals surface area contributed by atoms with Gasteiger partial charge in [-0.2, -0.15) is 0 Å². The minimum absolute atomic E-state index is 0.0185. The van der Waals surface area contributed by atoms with Crippen molar-refractivity contribution in [2.24, 2.45) is 5.73 Å². The smallest absolute Gasteiger partial charge is 0.253 e. The summed E-state index contributed by atoms with van der Waals surface area (Å²) in [7, 11) is 0. The Bertz CT molecular complexity index is 506. The molecule has 1 aromatic rings. The van der Waals surface area contributed by atoms with Crippen molar-refractivity contribution in [2.45, 2.75) is 25.0 Å². The van der Waals surface area contributed by atoms with Gasteiger partial charge in [-0.15, -0.1) is 0 Å². The maximum absolute atomic E-state index is 12.2. The fourth-order valence-corrected chi connectivity index (χ4v) is 2.46. The molecular weight excluding hydrogens is 260 g/mol. The fraction of sp³-hybridized carbons (Fsp3) is 0.500. The van der Waals surface area contributed by atoms with Crippen LogP contribution >= 0.6 is 0 Å². The quantitative estimate of drug-likeness (QED) is 0.858. The van der Waals surface area contributed by atoms with E-state index in [0.29, 0.717) is 43.4 Å². The van der Waals surface area contributed by atoms with E-state index in [4.69, 9.17) is 19.9 Å². The number of rotatable bonds is 3. The lowest BCUT2D eigenvalue weighted by atomic mass is 10.2. The average molecular weight is 278 g/mol. The van der Waals surface area contributed by atoms with Crippen molar-refractivity contribution in [3.8, 4) is 11.5 Å². The molecule has 0 aromatic heterocycles. The second-order valence-corrected chi connectivity index (χ2v) is 4.88. The zero-order chi connectivity index (χ0) is 13.9. The SMILES string of the molecule is NC[C@H]1CC[C@@H](C(=O)Nc2cccc3c2OCCO3)O1. The van der Waals surface area contributed by atoms with Crippen LogP contribution in [0.5, 0.6) is 11.5 Å². The molecule has 1 fully saturated rings. The largest absolute Gasteiger partial charge is 0.486 e. The number of carbonyl (C=O) groups is 1. The van der Waals surface area contributed by atoms with E-state index in [-0.39, 0.29) is 12.0 Å². The van der Waals surface area contributed by atoms with E-state index in [1.54, 1.807) is 6.07 Å². The van der Waals surface area contributed by atoms with Crippen molar-refractivity contribution in [1.82, 2.24) is 0 Å². The van der Waals surface area contributed by atoms with Crippen LogP contribution in [0.4, 0.5) is 5.69 Å². The molecule has 6 nitrogen and oxygen atoms in total. The normalized spacial score (nSPS) is 24.4. The standard InChI is InChI=1S/C14H18N2O4/c15-8-9-4-5-12(20-9)14(17)16-10-2-1-3-11-13(10)19-7-6-18-11/h1-3,9,12H,4-8,15H2,(H,16,17)/t9-,12+/m1/s1. The second kappa shape index (κ2) is 5.68. The van der Waals surface area contributed by atoms with Crippen molar-refractivity contribution >= 4 is 11.6 Å². The number of fused-ring (bicyclic) bond motifs is 1. The highest BCUT2D eigenvalue weighted by Gasteiger charge is 2.30. The number of carbonyl (C=O) groups excluding carboxylic acids is 1. The summed E-state index contributed by atoms with van der Waals surface area (Å²) in [6, 6.07) is 5.43. The van der Waals surface area contributed by atoms with Gasteiger partial charge in [-0.25, -0.2) is 0 Å². The summed E-state index contributed by atoms with van der Waals surface area (Å²) in [5.74, 6) is 1.07. The molecule has 2 aliphatic heterocycles. The molecule has 20 heavy (non-hydrogen) atoms. The number of anilines is 1. The summed E-state index contributed by atoms with van der Waals surface area (Å²) in [6.07, 6.45) is 1.06. The van der Waals surface area contributed by atoms with Gasteiger partial charge in [-0.1, -0.05) is 6.07 Å². The van der Waals surface area contributed by atoms with Gasteiger partial charge >= 0.3 is 0 Å². The van der Waals surface area contributed by atoms with Crippen molar-refractivity contribution < 1.29 is 19.0 Å². The molecule has 1 aromatic carbocycles. The van der Waals surface area contributed by atoms with E-state index >= 15 is 0 Å². The Labute approximate surface area is 117 Å². The van der Waals surface area contributed by atoms with Gasteiger partial charge in [0.25, 0.3) is 5.91 Å². The molecule has 1 amide bonds. The number of ether oxygens (including phenoxy) is 3. The van der Waals surface area contributed by atoms with Crippen LogP contribution in [-0.2, 0) is 9.53 Å². The lowest BCUT2D eigenvalue weighted by molar-refractivity contribution is -0.126. The van der Waals surface area contributed by atoms with Crippen LogP contribution in [0.1, 0.15) is 12.8 Å². The molecule has 2 atom stereocenters. The number of hydrogen-bond donors (Lipinski definition) is 2. The van der Waals surface area contributed by atoms with Gasteiger partial charge in [0.05, 0.1) is 11.8 Å². The van der Waals surface area contributed by atoms with Gasteiger partial charge in [-0.05, 0) is 25.0 Å². The molecule has 0 unspecified atom stereocenters. The third-order valence-electron chi connectivity index (χ3n) is 3.49. The number of benzene rings is 1. The van der Waals surface area contributed by atoms with Crippen molar-refractivity contribution in [1.29, 1.82) is 0 Å². The molecule has 3 N–H and O–H groups in total. The Morgan fingerprint density at radius 2 is 2.15 bits per heavy atom. The van der Waals surface area contributed by atoms with E-state index in [1.165, 1.54) is 0 Å². The molecule has 6 heteroatoms. The van der Waals surface area contributed by atoms with Crippen LogP contribution in [0.2, 0.25) is 0 Å². The zero-order valence-corrected chi connectivity index (χ0v) is 11.1. The number of amides is 1. The Morgan fingerprint density at radius 1 is 1.30 bits per heavy atom. The molecule has 0 spiro atoms. The van der Waals surface area contributed by atoms with Crippen LogP contribution in [0.25, 0.3) is 0 Å². The van der Waals surface area contributed by atoms with E-state index < -0.39 is 6.10 Å². The lowest BCUT2D eigenvalue weighted by Crippen LogP contribution is -2.30. The molecule has 1 saturated heterocycles. The maximum atomic E-state index is 12.2. The monoisotopic (exact) mass is 278 g/mol. The van der Waals surface area contributed by atoms with Crippen molar-refractivity contribution in [3.05, 3.63) is 18.2 Å². The van der Waals surface area contributed by atoms with Crippen LogP contribution in [0.15, 0.2) is 18.2 Å². The van der Waals surface area contributed by atoms with Gasteiger partial charge in [0.2, 0.25) is 0 Å². The summed E-state index contributed by atoms with van der Waals surface area (Å²) in [5.41, 5.74) is 6.16. The molecule has 108 valence electrons. The third-order valence-corrected chi connectivity index (χ3v) is 3.49. The topological polar surface area (TPSA) is 82.8 Å². The molecular formula is C14H18N2O4. The molecule has 0 radical (unpaired) electrons. The first-order valence-electron chi connectivity index (χ1n) is 6.83. The third kappa shape index (κ3) is 2.57. The van der Waals surface area contributed by atoms with Gasteiger partial charge in [0, 0.05) is 6.54 Å². The van der Waals surface area contributed by atoms with Crippen LogP contribution in [0.3, 0.4) is 0 Å². The average Bonchev–Trinajstić information content (AvgIpc) is 2.97. The predicted octanol–water partition coefficient (Wildman–Crippen LogP) is 0.903.